The van der Waals surface area contributed by atoms with Gasteiger partial charge < -0.3 is 4.90 Å². The Bertz CT molecular complexity index is 1230. The lowest BCUT2D eigenvalue weighted by molar-refractivity contribution is 0.0712. The van der Waals surface area contributed by atoms with Gasteiger partial charge in [0, 0.05) is 33.1 Å². The van der Waals surface area contributed by atoms with Crippen molar-refractivity contribution in [3.8, 4) is 0 Å². The van der Waals surface area contributed by atoms with Crippen LogP contribution in [0.15, 0.2) is 39.2 Å². The number of likely N-dealkylation sites (tertiary alicyclic amines) is 1. The number of fused-ring (bicyclic) bond motifs is 1. The lowest BCUT2D eigenvalue weighted by Crippen LogP contribution is -2.39. The third-order valence-corrected chi connectivity index (χ3v) is 6.29. The van der Waals surface area contributed by atoms with Gasteiger partial charge >= 0.3 is 5.69 Å². The van der Waals surface area contributed by atoms with Crippen LogP contribution in [0.1, 0.15) is 39.4 Å². The molecule has 1 fully saturated rings. The Hall–Kier alpha value is -3.07. The van der Waals surface area contributed by atoms with Gasteiger partial charge in [0.1, 0.15) is 11.3 Å². The third kappa shape index (κ3) is 3.31. The van der Waals surface area contributed by atoms with Crippen molar-refractivity contribution in [2.45, 2.75) is 25.3 Å². The summed E-state index contributed by atoms with van der Waals surface area (Å²) in [7, 11) is 2.92. The van der Waals surface area contributed by atoms with E-state index in [1.165, 1.54) is 42.1 Å². The average molecular weight is 412 g/mol. The van der Waals surface area contributed by atoms with Crippen LogP contribution in [0.5, 0.6) is 0 Å². The van der Waals surface area contributed by atoms with Crippen molar-refractivity contribution < 1.29 is 9.59 Å². The monoisotopic (exact) mass is 412 g/mol. The maximum absolute atomic E-state index is 13.1. The molecule has 1 aliphatic heterocycles. The summed E-state index contributed by atoms with van der Waals surface area (Å²) in [5, 5.41) is 2.13. The molecule has 29 heavy (non-hydrogen) atoms. The van der Waals surface area contributed by atoms with Gasteiger partial charge in [-0.05, 0) is 36.4 Å². The summed E-state index contributed by atoms with van der Waals surface area (Å²) in [6.07, 6.45) is 1.86. The molecule has 1 atom stereocenters. The molecular weight excluding hydrogens is 392 g/mol. The quantitative estimate of drug-likeness (QED) is 0.607. The van der Waals surface area contributed by atoms with Crippen LogP contribution in [0.25, 0.3) is 11.0 Å². The van der Waals surface area contributed by atoms with E-state index < -0.39 is 11.2 Å². The summed E-state index contributed by atoms with van der Waals surface area (Å²) in [5.41, 5.74) is -0.610. The maximum atomic E-state index is 13.1. The van der Waals surface area contributed by atoms with Crippen LogP contribution in [-0.2, 0) is 14.1 Å². The first kappa shape index (κ1) is 19.3. The summed E-state index contributed by atoms with van der Waals surface area (Å²) < 4.78 is 2.27. The number of thiophene rings is 1. The van der Waals surface area contributed by atoms with Crippen LogP contribution >= 0.6 is 11.3 Å². The predicted octanol–water partition coefficient (Wildman–Crippen LogP) is 1.57. The molecule has 9 heteroatoms. The Morgan fingerprint density at radius 2 is 1.97 bits per heavy atom. The zero-order chi connectivity index (χ0) is 20.7. The lowest BCUT2D eigenvalue weighted by atomic mass is 10.1. The number of ketones is 1. The van der Waals surface area contributed by atoms with Crippen molar-refractivity contribution in [2.24, 2.45) is 14.1 Å². The number of amides is 1. The highest BCUT2D eigenvalue weighted by atomic mass is 32.1. The molecule has 1 amide bonds. The van der Waals surface area contributed by atoms with Gasteiger partial charge in [0.15, 0.2) is 5.78 Å². The van der Waals surface area contributed by atoms with E-state index in [0.29, 0.717) is 11.4 Å². The molecule has 1 saturated heterocycles. The SMILES string of the molecule is Cn1c(=O)c2ccc(C(=O)N3CCC[C@@H]3CC(=O)c3cccs3)nc2n(C)c1=O. The van der Waals surface area contributed by atoms with Crippen LogP contribution in [-0.4, -0.2) is 43.3 Å². The van der Waals surface area contributed by atoms with Gasteiger partial charge in [-0.25, -0.2) is 9.78 Å². The molecule has 3 aromatic rings. The lowest BCUT2D eigenvalue weighted by Gasteiger charge is -2.24. The van der Waals surface area contributed by atoms with E-state index in [1.54, 1.807) is 11.0 Å². The molecule has 0 aliphatic carbocycles. The van der Waals surface area contributed by atoms with Crippen molar-refractivity contribution in [3.63, 3.8) is 0 Å². The molecule has 4 heterocycles. The number of pyridine rings is 1. The number of hydrogen-bond donors (Lipinski definition) is 0. The minimum absolute atomic E-state index is 0.0297. The smallest absolute Gasteiger partial charge is 0.332 e. The molecule has 0 radical (unpaired) electrons. The molecule has 4 rings (SSSR count). The Morgan fingerprint density at radius 1 is 1.17 bits per heavy atom. The van der Waals surface area contributed by atoms with E-state index in [4.69, 9.17) is 0 Å². The molecule has 0 N–H and O–H groups in total. The van der Waals surface area contributed by atoms with Gasteiger partial charge in [-0.2, -0.15) is 0 Å². The van der Waals surface area contributed by atoms with Gasteiger partial charge in [-0.15, -0.1) is 11.3 Å². The molecule has 1 aliphatic rings. The normalized spacial score (nSPS) is 16.5. The zero-order valence-electron chi connectivity index (χ0n) is 16.1. The molecule has 8 nitrogen and oxygen atoms in total. The Kier molecular flexibility index (Phi) is 4.91. The first-order valence-electron chi connectivity index (χ1n) is 9.33. The molecule has 0 saturated carbocycles. The fraction of sp³-hybridized carbons (Fsp3) is 0.350. The molecule has 3 aromatic heterocycles. The van der Waals surface area contributed by atoms with E-state index in [-0.39, 0.29) is 40.9 Å². The van der Waals surface area contributed by atoms with Gasteiger partial charge in [0.2, 0.25) is 0 Å². The van der Waals surface area contributed by atoms with Crippen LogP contribution in [0.3, 0.4) is 0 Å². The Labute approximate surface area is 170 Å². The number of rotatable bonds is 4. The van der Waals surface area contributed by atoms with E-state index >= 15 is 0 Å². The van der Waals surface area contributed by atoms with Crippen LogP contribution in [0.4, 0.5) is 0 Å². The first-order valence-corrected chi connectivity index (χ1v) is 10.2. The second-order valence-electron chi connectivity index (χ2n) is 7.17. The maximum Gasteiger partial charge on any atom is 0.332 e. The molecule has 0 bridgehead atoms. The highest BCUT2D eigenvalue weighted by Gasteiger charge is 2.32. The van der Waals surface area contributed by atoms with E-state index in [0.717, 1.165) is 17.4 Å². The fourth-order valence-electron chi connectivity index (χ4n) is 3.79. The number of aryl methyl sites for hydroxylation is 1. The van der Waals surface area contributed by atoms with Crippen LogP contribution in [0, 0.1) is 0 Å². The van der Waals surface area contributed by atoms with Crippen molar-refractivity contribution in [2.75, 3.05) is 6.54 Å². The van der Waals surface area contributed by atoms with Crippen LogP contribution < -0.4 is 11.2 Å². The van der Waals surface area contributed by atoms with Crippen molar-refractivity contribution in [1.82, 2.24) is 19.0 Å². The highest BCUT2D eigenvalue weighted by molar-refractivity contribution is 7.12. The number of hydrogen-bond acceptors (Lipinski definition) is 6. The minimum atomic E-state index is -0.500. The number of Topliss-reactive ketones (excluding diaryl/α,β-unsaturated/α-hetero) is 1. The molecular formula is C20H20N4O4S. The molecule has 150 valence electrons. The minimum Gasteiger partial charge on any atom is -0.334 e. The second kappa shape index (κ2) is 7.40. The predicted molar refractivity (Wildman–Crippen MR) is 110 cm³/mol. The fourth-order valence-corrected chi connectivity index (χ4v) is 4.46. The van der Waals surface area contributed by atoms with E-state index in [9.17, 15) is 19.2 Å². The van der Waals surface area contributed by atoms with E-state index in [2.05, 4.69) is 4.98 Å². The molecule has 0 aromatic carbocycles. The average Bonchev–Trinajstić information content (AvgIpc) is 3.42. The number of carbonyl (C=O) groups excluding carboxylic acids is 2. The summed E-state index contributed by atoms with van der Waals surface area (Å²) >= 11 is 1.40. The Morgan fingerprint density at radius 3 is 2.69 bits per heavy atom. The van der Waals surface area contributed by atoms with Gasteiger partial charge in [0.25, 0.3) is 11.5 Å². The number of aromatic nitrogens is 3. The summed E-state index contributed by atoms with van der Waals surface area (Å²) in [5.74, 6) is -0.261. The molecule has 0 spiro atoms. The zero-order valence-corrected chi connectivity index (χ0v) is 16.9. The van der Waals surface area contributed by atoms with Gasteiger partial charge in [-0.1, -0.05) is 6.07 Å². The Balaban J connectivity index is 1.65. The standard InChI is InChI=1S/C20H20N4O4S/c1-22-17-13(18(26)23(2)20(22)28)7-8-14(21-17)19(27)24-9-3-5-12(24)11-15(25)16-6-4-10-29-16/h4,6-8,10,12H,3,5,9,11H2,1-2H3/t12-/m1/s1. The summed E-state index contributed by atoms with van der Waals surface area (Å²) in [6, 6.07) is 6.48. The number of carbonyl (C=O) groups is 2. The van der Waals surface area contributed by atoms with E-state index in [1.807, 2.05) is 11.4 Å². The number of nitrogens with zero attached hydrogens (tertiary/aromatic N) is 4. The highest BCUT2D eigenvalue weighted by Crippen LogP contribution is 2.25. The summed E-state index contributed by atoms with van der Waals surface area (Å²) in [6.45, 7) is 0.552. The van der Waals surface area contributed by atoms with Crippen molar-refractivity contribution in [3.05, 3.63) is 61.1 Å². The van der Waals surface area contributed by atoms with Gasteiger partial charge in [0.05, 0.1) is 10.3 Å². The molecule has 0 unspecified atom stereocenters. The first-order chi connectivity index (χ1) is 13.9. The second-order valence-corrected chi connectivity index (χ2v) is 8.12. The van der Waals surface area contributed by atoms with Gasteiger partial charge in [-0.3, -0.25) is 23.5 Å². The topological polar surface area (TPSA) is 94.3 Å². The third-order valence-electron chi connectivity index (χ3n) is 5.38. The van der Waals surface area contributed by atoms with Crippen molar-refractivity contribution >= 4 is 34.1 Å². The van der Waals surface area contributed by atoms with Crippen LogP contribution in [0.2, 0.25) is 0 Å². The largest absolute Gasteiger partial charge is 0.334 e. The van der Waals surface area contributed by atoms with Crippen molar-refractivity contribution in [1.29, 1.82) is 0 Å². The summed E-state index contributed by atoms with van der Waals surface area (Å²) in [4.78, 5) is 56.8.